The van der Waals surface area contributed by atoms with Gasteiger partial charge in [0.1, 0.15) is 6.10 Å². The van der Waals surface area contributed by atoms with Gasteiger partial charge in [0, 0.05) is 18.5 Å². The van der Waals surface area contributed by atoms with Crippen LogP contribution in [0.5, 0.6) is 0 Å². The Balaban J connectivity index is 2.59. The summed E-state index contributed by atoms with van der Waals surface area (Å²) in [7, 11) is 0. The van der Waals surface area contributed by atoms with Crippen molar-refractivity contribution < 1.29 is 9.53 Å². The molecule has 1 aliphatic carbocycles. The average Bonchev–Trinajstić information content (AvgIpc) is 2.20. The van der Waals surface area contributed by atoms with Crippen molar-refractivity contribution >= 4 is 5.97 Å². The van der Waals surface area contributed by atoms with Crippen LogP contribution in [0.15, 0.2) is 12.7 Å². The predicted molar refractivity (Wildman–Crippen MR) is 65.2 cm³/mol. The second-order valence-electron chi connectivity index (χ2n) is 5.11. The molecule has 1 rings (SSSR count). The fourth-order valence-corrected chi connectivity index (χ4v) is 2.15. The summed E-state index contributed by atoms with van der Waals surface area (Å²) in [5.41, 5.74) is -0.111. The zero-order valence-electron chi connectivity index (χ0n) is 10.6. The minimum Gasteiger partial charge on any atom is -0.461 e. The van der Waals surface area contributed by atoms with E-state index in [1.165, 1.54) is 13.3 Å². The zero-order chi connectivity index (χ0) is 12.2. The summed E-state index contributed by atoms with van der Waals surface area (Å²) in [5.74, 6) is -0.185. The van der Waals surface area contributed by atoms with Crippen molar-refractivity contribution in [3.05, 3.63) is 12.7 Å². The lowest BCUT2D eigenvalue weighted by Gasteiger charge is -2.36. The summed E-state index contributed by atoms with van der Waals surface area (Å²) < 4.78 is 5.36. The quantitative estimate of drug-likeness (QED) is 0.590. The third kappa shape index (κ3) is 3.97. The Hall–Kier alpha value is -0.830. The Bertz CT molecular complexity index is 261. The number of ether oxygens (including phenoxy) is 1. The second-order valence-corrected chi connectivity index (χ2v) is 5.11. The fraction of sp³-hybridized carbons (Fsp3) is 0.769. The van der Waals surface area contributed by atoms with E-state index in [1.807, 2.05) is 6.08 Å². The SMILES string of the molecule is C=CC(C)(C)N[C@H]1CCCC[C@@H]1OC(C)=O. The highest BCUT2D eigenvalue weighted by molar-refractivity contribution is 5.66. The van der Waals surface area contributed by atoms with E-state index >= 15 is 0 Å². The van der Waals surface area contributed by atoms with Crippen LogP contribution in [0.3, 0.4) is 0 Å². The third-order valence-electron chi connectivity index (χ3n) is 3.09. The first-order valence-corrected chi connectivity index (χ1v) is 6.03. The molecule has 2 atom stereocenters. The Kier molecular flexibility index (Phi) is 4.54. The number of nitrogens with one attached hydrogen (secondary N) is 1. The molecule has 1 aliphatic rings. The van der Waals surface area contributed by atoms with Crippen LogP contribution in [0.4, 0.5) is 0 Å². The summed E-state index contributed by atoms with van der Waals surface area (Å²) in [5, 5.41) is 3.51. The normalized spacial score (nSPS) is 26.2. The van der Waals surface area contributed by atoms with Crippen LogP contribution in [0.1, 0.15) is 46.5 Å². The highest BCUT2D eigenvalue weighted by atomic mass is 16.5. The molecule has 92 valence electrons. The number of esters is 1. The maximum Gasteiger partial charge on any atom is 0.302 e. The molecule has 0 amide bonds. The van der Waals surface area contributed by atoms with Gasteiger partial charge in [-0.3, -0.25) is 4.79 Å². The van der Waals surface area contributed by atoms with E-state index in [0.29, 0.717) is 0 Å². The van der Waals surface area contributed by atoms with Gasteiger partial charge < -0.3 is 10.1 Å². The summed E-state index contributed by atoms with van der Waals surface area (Å²) in [4.78, 5) is 11.0. The summed E-state index contributed by atoms with van der Waals surface area (Å²) >= 11 is 0. The average molecular weight is 225 g/mol. The van der Waals surface area contributed by atoms with Gasteiger partial charge >= 0.3 is 5.97 Å². The highest BCUT2D eigenvalue weighted by Crippen LogP contribution is 2.23. The smallest absolute Gasteiger partial charge is 0.302 e. The Morgan fingerprint density at radius 1 is 1.44 bits per heavy atom. The van der Waals surface area contributed by atoms with Crippen LogP contribution in [-0.4, -0.2) is 23.7 Å². The molecule has 0 aromatic rings. The predicted octanol–water partition coefficient (Wildman–Crippen LogP) is 2.41. The molecule has 0 bridgehead atoms. The highest BCUT2D eigenvalue weighted by Gasteiger charge is 2.30. The van der Waals surface area contributed by atoms with Crippen LogP contribution in [-0.2, 0) is 9.53 Å². The van der Waals surface area contributed by atoms with Crippen molar-refractivity contribution in [3.63, 3.8) is 0 Å². The van der Waals surface area contributed by atoms with Crippen LogP contribution in [0.25, 0.3) is 0 Å². The van der Waals surface area contributed by atoms with Gasteiger partial charge in [0.25, 0.3) is 0 Å². The molecular weight excluding hydrogens is 202 g/mol. The van der Waals surface area contributed by atoms with E-state index in [1.54, 1.807) is 0 Å². The van der Waals surface area contributed by atoms with Gasteiger partial charge in [-0.15, -0.1) is 6.58 Å². The van der Waals surface area contributed by atoms with E-state index in [2.05, 4.69) is 25.7 Å². The molecule has 0 saturated heterocycles. The van der Waals surface area contributed by atoms with Gasteiger partial charge in [0.2, 0.25) is 0 Å². The summed E-state index contributed by atoms with van der Waals surface area (Å²) in [6.45, 7) is 9.46. The van der Waals surface area contributed by atoms with Crippen LogP contribution >= 0.6 is 0 Å². The van der Waals surface area contributed by atoms with Crippen molar-refractivity contribution in [2.75, 3.05) is 0 Å². The van der Waals surface area contributed by atoms with E-state index in [9.17, 15) is 4.79 Å². The molecule has 3 nitrogen and oxygen atoms in total. The third-order valence-corrected chi connectivity index (χ3v) is 3.09. The first-order chi connectivity index (χ1) is 7.44. The summed E-state index contributed by atoms with van der Waals surface area (Å²) in [6, 6.07) is 0.255. The van der Waals surface area contributed by atoms with E-state index in [0.717, 1.165) is 19.3 Å². The molecule has 0 heterocycles. The molecule has 0 aliphatic heterocycles. The van der Waals surface area contributed by atoms with Crippen molar-refractivity contribution in [2.24, 2.45) is 0 Å². The maximum absolute atomic E-state index is 11.0. The monoisotopic (exact) mass is 225 g/mol. The van der Waals surface area contributed by atoms with Gasteiger partial charge in [-0.1, -0.05) is 12.5 Å². The molecule has 0 unspecified atom stereocenters. The van der Waals surface area contributed by atoms with Gasteiger partial charge in [0.15, 0.2) is 0 Å². The Labute approximate surface area is 98.2 Å². The molecule has 0 radical (unpaired) electrons. The van der Waals surface area contributed by atoms with Crippen LogP contribution < -0.4 is 5.32 Å². The van der Waals surface area contributed by atoms with Crippen molar-refractivity contribution in [1.29, 1.82) is 0 Å². The number of hydrogen-bond acceptors (Lipinski definition) is 3. The van der Waals surface area contributed by atoms with Gasteiger partial charge in [-0.2, -0.15) is 0 Å². The van der Waals surface area contributed by atoms with E-state index in [4.69, 9.17) is 4.74 Å². The molecule has 0 aromatic heterocycles. The molecule has 3 heteroatoms. The minimum absolute atomic E-state index is 0.0190. The fourth-order valence-electron chi connectivity index (χ4n) is 2.15. The van der Waals surface area contributed by atoms with Gasteiger partial charge in [-0.25, -0.2) is 0 Å². The standard InChI is InChI=1S/C13H23NO2/c1-5-13(3,4)14-11-8-6-7-9-12(11)16-10(2)15/h5,11-12,14H,1,6-9H2,2-4H3/t11-,12-/m0/s1. The lowest BCUT2D eigenvalue weighted by atomic mass is 9.90. The second kappa shape index (κ2) is 5.48. The number of carbonyl (C=O) groups is 1. The Morgan fingerprint density at radius 3 is 2.62 bits per heavy atom. The molecule has 1 N–H and O–H groups in total. The number of hydrogen-bond donors (Lipinski definition) is 1. The van der Waals surface area contributed by atoms with Gasteiger partial charge in [-0.05, 0) is 33.1 Å². The van der Waals surface area contributed by atoms with E-state index in [-0.39, 0.29) is 23.7 Å². The first-order valence-electron chi connectivity index (χ1n) is 6.03. The molecule has 1 saturated carbocycles. The molecule has 16 heavy (non-hydrogen) atoms. The van der Waals surface area contributed by atoms with Crippen molar-refractivity contribution in [1.82, 2.24) is 5.32 Å². The minimum atomic E-state index is -0.185. The molecule has 0 aromatic carbocycles. The molecule has 1 fully saturated rings. The summed E-state index contributed by atoms with van der Waals surface area (Å²) in [6.07, 6.45) is 6.28. The van der Waals surface area contributed by atoms with Crippen molar-refractivity contribution in [2.45, 2.75) is 64.1 Å². The first kappa shape index (κ1) is 13.2. The molecular formula is C13H23NO2. The Morgan fingerprint density at radius 2 is 2.06 bits per heavy atom. The lowest BCUT2D eigenvalue weighted by molar-refractivity contribution is -0.149. The lowest BCUT2D eigenvalue weighted by Crippen LogP contribution is -2.52. The van der Waals surface area contributed by atoms with E-state index < -0.39 is 0 Å². The van der Waals surface area contributed by atoms with Crippen LogP contribution in [0.2, 0.25) is 0 Å². The molecule has 0 spiro atoms. The maximum atomic E-state index is 11.0. The largest absolute Gasteiger partial charge is 0.461 e. The number of rotatable bonds is 4. The van der Waals surface area contributed by atoms with Crippen molar-refractivity contribution in [3.8, 4) is 0 Å². The topological polar surface area (TPSA) is 38.3 Å². The number of carbonyl (C=O) groups excluding carboxylic acids is 1. The van der Waals surface area contributed by atoms with Crippen LogP contribution in [0, 0.1) is 0 Å². The zero-order valence-corrected chi connectivity index (χ0v) is 10.6. The van der Waals surface area contributed by atoms with Gasteiger partial charge in [0.05, 0.1) is 0 Å².